The van der Waals surface area contributed by atoms with Crippen LogP contribution in [0, 0.1) is 0 Å². The monoisotopic (exact) mass is 292 g/mol. The number of alkyl halides is 1. The molecule has 0 amide bonds. The number of nitrogens with zero attached hydrogens (tertiary/aromatic N) is 2. The van der Waals surface area contributed by atoms with Crippen LogP contribution in [-0.4, -0.2) is 15.1 Å². The van der Waals surface area contributed by atoms with Gasteiger partial charge in [0.2, 0.25) is 0 Å². The van der Waals surface area contributed by atoms with Gasteiger partial charge in [0, 0.05) is 23.5 Å². The van der Waals surface area contributed by atoms with Gasteiger partial charge in [0.1, 0.15) is 0 Å². The lowest BCUT2D eigenvalue weighted by atomic mass is 10.0. The predicted octanol–water partition coefficient (Wildman–Crippen LogP) is 2.42. The summed E-state index contributed by atoms with van der Waals surface area (Å²) in [5, 5.41) is 4.88. The molecule has 1 unspecified atom stereocenters. The Bertz CT molecular complexity index is 524. The maximum Gasteiger partial charge on any atom is 0.266 e. The molecule has 0 bridgehead atoms. The van der Waals surface area contributed by atoms with Crippen molar-refractivity contribution >= 4 is 15.9 Å². The van der Waals surface area contributed by atoms with Crippen LogP contribution < -0.4 is 5.56 Å². The molecule has 0 spiro atoms. The Kier molecular flexibility index (Phi) is 4.09. The molecule has 0 saturated heterocycles. The van der Waals surface area contributed by atoms with Gasteiger partial charge in [0.05, 0.1) is 6.54 Å². The normalized spacial score (nSPS) is 12.3. The molecule has 0 aliphatic carbocycles. The zero-order valence-corrected chi connectivity index (χ0v) is 10.9. The van der Waals surface area contributed by atoms with Crippen LogP contribution in [0.4, 0.5) is 0 Å². The largest absolute Gasteiger partial charge is 0.268 e. The zero-order chi connectivity index (χ0) is 12.1. The van der Waals surface area contributed by atoms with E-state index in [4.69, 9.17) is 0 Å². The van der Waals surface area contributed by atoms with Gasteiger partial charge in [-0.1, -0.05) is 46.3 Å². The number of aromatic nitrogens is 2. The number of rotatable bonds is 4. The summed E-state index contributed by atoms with van der Waals surface area (Å²) < 4.78 is 1.50. The van der Waals surface area contributed by atoms with Crippen LogP contribution in [0.25, 0.3) is 0 Å². The van der Waals surface area contributed by atoms with Gasteiger partial charge in [-0.25, -0.2) is 4.68 Å². The van der Waals surface area contributed by atoms with Crippen molar-refractivity contribution < 1.29 is 0 Å². The highest BCUT2D eigenvalue weighted by Crippen LogP contribution is 2.18. The fourth-order valence-electron chi connectivity index (χ4n) is 1.70. The lowest BCUT2D eigenvalue weighted by Gasteiger charge is -2.14. The van der Waals surface area contributed by atoms with E-state index in [2.05, 4.69) is 33.2 Å². The molecule has 0 saturated carbocycles. The van der Waals surface area contributed by atoms with Crippen molar-refractivity contribution in [2.75, 3.05) is 5.33 Å². The molecule has 0 radical (unpaired) electrons. The highest BCUT2D eigenvalue weighted by molar-refractivity contribution is 9.09. The van der Waals surface area contributed by atoms with Crippen molar-refractivity contribution in [2.45, 2.75) is 12.5 Å². The Morgan fingerprint density at radius 2 is 1.94 bits per heavy atom. The van der Waals surface area contributed by atoms with E-state index < -0.39 is 0 Å². The summed E-state index contributed by atoms with van der Waals surface area (Å²) in [4.78, 5) is 11.6. The van der Waals surface area contributed by atoms with Gasteiger partial charge < -0.3 is 0 Å². The fourth-order valence-corrected chi connectivity index (χ4v) is 2.28. The molecule has 1 heterocycles. The standard InChI is InChI=1S/C13H13BrN2O/c14-9-12(11-5-2-1-3-6-11)10-16-13(17)7-4-8-15-16/h1-8,12H,9-10H2. The van der Waals surface area contributed by atoms with Crippen LogP contribution >= 0.6 is 15.9 Å². The van der Waals surface area contributed by atoms with Crippen molar-refractivity contribution in [3.8, 4) is 0 Å². The highest BCUT2D eigenvalue weighted by atomic mass is 79.9. The summed E-state index contributed by atoms with van der Waals surface area (Å²) in [7, 11) is 0. The van der Waals surface area contributed by atoms with E-state index in [1.54, 1.807) is 12.3 Å². The average Bonchev–Trinajstić information content (AvgIpc) is 2.39. The number of hydrogen-bond donors (Lipinski definition) is 0. The first-order chi connectivity index (χ1) is 8.31. The van der Waals surface area contributed by atoms with E-state index in [-0.39, 0.29) is 11.5 Å². The van der Waals surface area contributed by atoms with Gasteiger partial charge in [-0.2, -0.15) is 5.10 Å². The third-order valence-electron chi connectivity index (χ3n) is 2.64. The topological polar surface area (TPSA) is 34.9 Å². The first-order valence-corrected chi connectivity index (χ1v) is 6.56. The average molecular weight is 293 g/mol. The Hall–Kier alpha value is -1.42. The molecule has 0 aliphatic heterocycles. The smallest absolute Gasteiger partial charge is 0.266 e. The summed E-state index contributed by atoms with van der Waals surface area (Å²) in [6.07, 6.45) is 1.64. The molecule has 0 N–H and O–H groups in total. The lowest BCUT2D eigenvalue weighted by Crippen LogP contribution is -2.25. The summed E-state index contributed by atoms with van der Waals surface area (Å²) in [5.41, 5.74) is 1.15. The Balaban J connectivity index is 2.22. The quantitative estimate of drug-likeness (QED) is 0.811. The molecule has 17 heavy (non-hydrogen) atoms. The van der Waals surface area contributed by atoms with E-state index in [0.29, 0.717) is 6.54 Å². The van der Waals surface area contributed by atoms with Crippen molar-refractivity contribution in [1.29, 1.82) is 0 Å². The fraction of sp³-hybridized carbons (Fsp3) is 0.231. The maximum absolute atomic E-state index is 11.6. The molecule has 88 valence electrons. The Morgan fingerprint density at radius 1 is 1.18 bits per heavy atom. The summed E-state index contributed by atoms with van der Waals surface area (Å²) in [6.45, 7) is 0.592. The lowest BCUT2D eigenvalue weighted by molar-refractivity contribution is 0.523. The molecule has 2 aromatic rings. The van der Waals surface area contributed by atoms with Crippen LogP contribution in [0.3, 0.4) is 0 Å². The minimum atomic E-state index is -0.0608. The van der Waals surface area contributed by atoms with Crippen molar-refractivity contribution in [3.63, 3.8) is 0 Å². The molecule has 1 aromatic carbocycles. The second kappa shape index (κ2) is 5.77. The minimum absolute atomic E-state index is 0.0608. The van der Waals surface area contributed by atoms with Gasteiger partial charge in [0.15, 0.2) is 0 Å². The van der Waals surface area contributed by atoms with Crippen LogP contribution in [0.2, 0.25) is 0 Å². The second-order valence-electron chi connectivity index (χ2n) is 3.81. The number of hydrogen-bond acceptors (Lipinski definition) is 2. The van der Waals surface area contributed by atoms with Crippen LogP contribution in [0.15, 0.2) is 53.5 Å². The number of halogens is 1. The van der Waals surface area contributed by atoms with E-state index >= 15 is 0 Å². The van der Waals surface area contributed by atoms with E-state index in [9.17, 15) is 4.79 Å². The third kappa shape index (κ3) is 3.03. The highest BCUT2D eigenvalue weighted by Gasteiger charge is 2.11. The van der Waals surface area contributed by atoms with Crippen LogP contribution in [0.5, 0.6) is 0 Å². The SMILES string of the molecule is O=c1cccnn1CC(CBr)c1ccccc1. The van der Waals surface area contributed by atoms with Gasteiger partial charge in [-0.3, -0.25) is 4.79 Å². The van der Waals surface area contributed by atoms with Crippen molar-refractivity contribution in [2.24, 2.45) is 0 Å². The van der Waals surface area contributed by atoms with E-state index in [1.807, 2.05) is 18.2 Å². The predicted molar refractivity (Wildman–Crippen MR) is 71.5 cm³/mol. The molecule has 4 heteroatoms. The molecule has 1 aromatic heterocycles. The van der Waals surface area contributed by atoms with E-state index in [0.717, 1.165) is 5.33 Å². The summed E-state index contributed by atoms with van der Waals surface area (Å²) >= 11 is 3.49. The third-order valence-corrected chi connectivity index (χ3v) is 3.42. The molecular weight excluding hydrogens is 280 g/mol. The van der Waals surface area contributed by atoms with Crippen molar-refractivity contribution in [3.05, 3.63) is 64.6 Å². The van der Waals surface area contributed by atoms with Crippen molar-refractivity contribution in [1.82, 2.24) is 9.78 Å². The molecule has 0 aliphatic rings. The van der Waals surface area contributed by atoms with Gasteiger partial charge in [0.25, 0.3) is 5.56 Å². The minimum Gasteiger partial charge on any atom is -0.268 e. The molecule has 2 rings (SSSR count). The van der Waals surface area contributed by atoms with Gasteiger partial charge in [-0.15, -0.1) is 0 Å². The first-order valence-electron chi connectivity index (χ1n) is 5.44. The van der Waals surface area contributed by atoms with E-state index in [1.165, 1.54) is 16.3 Å². The molecule has 0 fully saturated rings. The molecule has 1 atom stereocenters. The Morgan fingerprint density at radius 3 is 2.59 bits per heavy atom. The van der Waals surface area contributed by atoms with Crippen LogP contribution in [-0.2, 0) is 6.54 Å². The first kappa shape index (κ1) is 12.0. The number of benzene rings is 1. The summed E-state index contributed by atoms with van der Waals surface area (Å²) in [5.74, 6) is 0.254. The maximum atomic E-state index is 11.6. The molecule has 3 nitrogen and oxygen atoms in total. The molecular formula is C13H13BrN2O. The summed E-state index contributed by atoms with van der Waals surface area (Å²) in [6, 6.07) is 13.3. The van der Waals surface area contributed by atoms with Gasteiger partial charge >= 0.3 is 0 Å². The van der Waals surface area contributed by atoms with Crippen LogP contribution in [0.1, 0.15) is 11.5 Å². The van der Waals surface area contributed by atoms with Gasteiger partial charge in [-0.05, 0) is 11.6 Å². The Labute approximate surface area is 108 Å². The second-order valence-corrected chi connectivity index (χ2v) is 4.45. The zero-order valence-electron chi connectivity index (χ0n) is 9.29.